The number of rotatable bonds is 2. The molecule has 2 aromatic rings. The van der Waals surface area contributed by atoms with Gasteiger partial charge < -0.3 is 11.1 Å². The summed E-state index contributed by atoms with van der Waals surface area (Å²) in [4.78, 5) is 15.8. The lowest BCUT2D eigenvalue weighted by Crippen LogP contribution is -2.14. The number of amides is 1. The van der Waals surface area contributed by atoms with E-state index in [-0.39, 0.29) is 22.0 Å². The number of nitrogens with one attached hydrogen (secondary N) is 1. The summed E-state index contributed by atoms with van der Waals surface area (Å²) in [5, 5.41) is 12.0. The Balaban J connectivity index is 2.28. The van der Waals surface area contributed by atoms with Crippen LogP contribution in [0.3, 0.4) is 0 Å². The standard InChI is InChI=1S/C13H8Cl2N4O/c14-10-2-1-8(3-7(10)5-16)19-13(20)9-4-12(15)18-6-11(9)17/h1-4,6H,17H2,(H,19,20). The number of nitrogens with zero attached hydrogens (tertiary/aromatic N) is 2. The lowest BCUT2D eigenvalue weighted by Gasteiger charge is -2.08. The van der Waals surface area contributed by atoms with Crippen molar-refractivity contribution >= 4 is 40.5 Å². The normalized spacial score (nSPS) is 9.85. The van der Waals surface area contributed by atoms with Crippen LogP contribution in [0.15, 0.2) is 30.5 Å². The highest BCUT2D eigenvalue weighted by molar-refractivity contribution is 6.32. The summed E-state index contributed by atoms with van der Waals surface area (Å²) in [6.07, 6.45) is 1.31. The Morgan fingerprint density at radius 1 is 1.35 bits per heavy atom. The molecule has 2 rings (SSSR count). The second-order valence-electron chi connectivity index (χ2n) is 3.85. The maximum absolute atomic E-state index is 12.1. The Morgan fingerprint density at radius 3 is 2.80 bits per heavy atom. The second kappa shape index (κ2) is 5.78. The molecule has 0 saturated heterocycles. The molecule has 1 aromatic carbocycles. The number of nitriles is 1. The average Bonchev–Trinajstić information content (AvgIpc) is 2.43. The van der Waals surface area contributed by atoms with Crippen molar-refractivity contribution in [3.63, 3.8) is 0 Å². The van der Waals surface area contributed by atoms with Gasteiger partial charge in [0, 0.05) is 5.69 Å². The molecule has 1 aromatic heterocycles. The first-order valence-corrected chi connectivity index (χ1v) is 6.19. The van der Waals surface area contributed by atoms with Gasteiger partial charge in [0.25, 0.3) is 5.91 Å². The van der Waals surface area contributed by atoms with Crippen molar-refractivity contribution in [3.8, 4) is 6.07 Å². The number of nitrogens with two attached hydrogens (primary N) is 1. The number of pyridine rings is 1. The smallest absolute Gasteiger partial charge is 0.257 e. The Hall–Kier alpha value is -2.29. The van der Waals surface area contributed by atoms with E-state index >= 15 is 0 Å². The van der Waals surface area contributed by atoms with Crippen LogP contribution in [0.1, 0.15) is 15.9 Å². The molecule has 0 atom stereocenters. The predicted octanol–water partition coefficient (Wildman–Crippen LogP) is 3.09. The van der Waals surface area contributed by atoms with Gasteiger partial charge in [0.1, 0.15) is 11.2 Å². The molecule has 1 heterocycles. The van der Waals surface area contributed by atoms with Crippen LogP contribution in [-0.4, -0.2) is 10.9 Å². The van der Waals surface area contributed by atoms with Gasteiger partial charge in [-0.2, -0.15) is 5.26 Å². The third-order valence-electron chi connectivity index (χ3n) is 2.49. The maximum Gasteiger partial charge on any atom is 0.257 e. The van der Waals surface area contributed by atoms with Crippen LogP contribution in [0.5, 0.6) is 0 Å². The summed E-state index contributed by atoms with van der Waals surface area (Å²) in [6, 6.07) is 7.88. The van der Waals surface area contributed by atoms with Crippen LogP contribution in [0.2, 0.25) is 10.2 Å². The summed E-state index contributed by atoms with van der Waals surface area (Å²) in [5.41, 5.74) is 6.79. The van der Waals surface area contributed by atoms with Gasteiger partial charge in [-0.15, -0.1) is 0 Å². The zero-order valence-corrected chi connectivity index (χ0v) is 11.5. The van der Waals surface area contributed by atoms with Crippen molar-refractivity contribution in [1.29, 1.82) is 5.26 Å². The first-order chi connectivity index (χ1) is 9.51. The molecule has 0 fully saturated rings. The van der Waals surface area contributed by atoms with Crippen molar-refractivity contribution in [1.82, 2.24) is 4.98 Å². The molecule has 0 bridgehead atoms. The van der Waals surface area contributed by atoms with Crippen LogP contribution in [0.25, 0.3) is 0 Å². The molecule has 0 radical (unpaired) electrons. The van der Waals surface area contributed by atoms with Crippen LogP contribution >= 0.6 is 23.2 Å². The molecular formula is C13H8Cl2N4O. The van der Waals surface area contributed by atoms with Crippen molar-refractivity contribution in [2.75, 3.05) is 11.1 Å². The molecule has 5 nitrogen and oxygen atoms in total. The van der Waals surface area contributed by atoms with E-state index < -0.39 is 5.91 Å². The Morgan fingerprint density at radius 2 is 2.10 bits per heavy atom. The molecule has 0 aliphatic carbocycles. The highest BCUT2D eigenvalue weighted by Crippen LogP contribution is 2.21. The summed E-state index contributed by atoms with van der Waals surface area (Å²) in [5.74, 6) is -0.446. The molecule has 0 aliphatic rings. The van der Waals surface area contributed by atoms with E-state index in [1.807, 2.05) is 6.07 Å². The largest absolute Gasteiger partial charge is 0.397 e. The van der Waals surface area contributed by atoms with Gasteiger partial charge in [-0.05, 0) is 24.3 Å². The average molecular weight is 307 g/mol. The van der Waals surface area contributed by atoms with E-state index in [0.29, 0.717) is 10.7 Å². The van der Waals surface area contributed by atoms with Crippen LogP contribution in [0.4, 0.5) is 11.4 Å². The van der Waals surface area contributed by atoms with Crippen molar-refractivity contribution < 1.29 is 4.79 Å². The topological polar surface area (TPSA) is 91.8 Å². The number of carbonyl (C=O) groups is 1. The second-order valence-corrected chi connectivity index (χ2v) is 4.65. The molecule has 100 valence electrons. The molecule has 0 aliphatic heterocycles. The van der Waals surface area contributed by atoms with Gasteiger partial charge in [0.15, 0.2) is 0 Å². The summed E-state index contributed by atoms with van der Waals surface area (Å²) < 4.78 is 0. The number of hydrogen-bond donors (Lipinski definition) is 2. The Bertz CT molecular complexity index is 725. The van der Waals surface area contributed by atoms with Crippen LogP contribution in [-0.2, 0) is 0 Å². The van der Waals surface area contributed by atoms with Crippen LogP contribution in [0, 0.1) is 11.3 Å². The zero-order chi connectivity index (χ0) is 14.7. The highest BCUT2D eigenvalue weighted by Gasteiger charge is 2.12. The zero-order valence-electron chi connectivity index (χ0n) is 10.0. The SMILES string of the molecule is N#Cc1cc(NC(=O)c2cc(Cl)ncc2N)ccc1Cl. The number of benzene rings is 1. The first kappa shape index (κ1) is 14.1. The summed E-state index contributed by atoms with van der Waals surface area (Å²) in [6.45, 7) is 0. The number of halogens is 2. The molecule has 20 heavy (non-hydrogen) atoms. The molecule has 0 spiro atoms. The van der Waals surface area contributed by atoms with E-state index in [2.05, 4.69) is 10.3 Å². The third-order valence-corrected chi connectivity index (χ3v) is 3.03. The quantitative estimate of drug-likeness (QED) is 0.834. The molecule has 3 N–H and O–H groups in total. The summed E-state index contributed by atoms with van der Waals surface area (Å²) >= 11 is 11.5. The minimum absolute atomic E-state index is 0.165. The maximum atomic E-state index is 12.1. The van der Waals surface area contributed by atoms with Gasteiger partial charge in [0.2, 0.25) is 0 Å². The van der Waals surface area contributed by atoms with Crippen LogP contribution < -0.4 is 11.1 Å². The predicted molar refractivity (Wildman–Crippen MR) is 77.8 cm³/mol. The van der Waals surface area contributed by atoms with E-state index in [1.165, 1.54) is 24.4 Å². The molecular weight excluding hydrogens is 299 g/mol. The van der Waals surface area contributed by atoms with Crippen molar-refractivity contribution in [2.24, 2.45) is 0 Å². The lowest BCUT2D eigenvalue weighted by atomic mass is 10.2. The van der Waals surface area contributed by atoms with Gasteiger partial charge in [-0.3, -0.25) is 4.79 Å². The fourth-order valence-corrected chi connectivity index (χ4v) is 1.84. The van der Waals surface area contributed by atoms with Gasteiger partial charge in [0.05, 0.1) is 28.0 Å². The van der Waals surface area contributed by atoms with E-state index in [0.717, 1.165) is 0 Å². The van der Waals surface area contributed by atoms with Crippen molar-refractivity contribution in [3.05, 3.63) is 51.8 Å². The Labute approximate surface area is 124 Å². The number of carbonyl (C=O) groups excluding carboxylic acids is 1. The number of hydrogen-bond acceptors (Lipinski definition) is 4. The minimum atomic E-state index is -0.446. The fourth-order valence-electron chi connectivity index (χ4n) is 1.52. The number of nitrogen functional groups attached to an aromatic ring is 1. The molecule has 1 amide bonds. The van der Waals surface area contributed by atoms with Gasteiger partial charge in [-0.25, -0.2) is 4.98 Å². The number of anilines is 2. The monoisotopic (exact) mass is 306 g/mol. The van der Waals surface area contributed by atoms with Gasteiger partial charge in [-0.1, -0.05) is 23.2 Å². The van der Waals surface area contributed by atoms with Crippen molar-refractivity contribution in [2.45, 2.75) is 0 Å². The van der Waals surface area contributed by atoms with E-state index in [4.69, 9.17) is 34.2 Å². The highest BCUT2D eigenvalue weighted by atomic mass is 35.5. The first-order valence-electron chi connectivity index (χ1n) is 5.43. The Kier molecular flexibility index (Phi) is 4.08. The third kappa shape index (κ3) is 2.99. The fraction of sp³-hybridized carbons (Fsp3) is 0. The summed E-state index contributed by atoms with van der Waals surface area (Å²) in [7, 11) is 0. The van der Waals surface area contributed by atoms with E-state index in [9.17, 15) is 4.79 Å². The molecule has 7 heteroatoms. The number of aromatic nitrogens is 1. The molecule has 0 saturated carbocycles. The van der Waals surface area contributed by atoms with Gasteiger partial charge >= 0.3 is 0 Å². The molecule has 0 unspecified atom stereocenters. The van der Waals surface area contributed by atoms with E-state index in [1.54, 1.807) is 6.07 Å². The minimum Gasteiger partial charge on any atom is -0.397 e. The lowest BCUT2D eigenvalue weighted by molar-refractivity contribution is 0.102.